The standard InChI is InChI=1S/C7H10N2O2/c8-6(4-10)5-1-2-7(11)9-3-5/h1-3,6,10H,4,8H2,(H,9,11). The van der Waals surface area contributed by atoms with Gasteiger partial charge in [0, 0.05) is 12.3 Å². The molecule has 1 aromatic rings. The zero-order valence-electron chi connectivity index (χ0n) is 5.95. The molecular formula is C7H10N2O2. The number of hydrogen-bond acceptors (Lipinski definition) is 3. The molecule has 1 unspecified atom stereocenters. The summed E-state index contributed by atoms with van der Waals surface area (Å²) in [6.07, 6.45) is 1.50. The Balaban J connectivity index is 2.89. The molecule has 0 aliphatic heterocycles. The highest BCUT2D eigenvalue weighted by Gasteiger charge is 2.02. The highest BCUT2D eigenvalue weighted by molar-refractivity contribution is 5.12. The van der Waals surface area contributed by atoms with Crippen LogP contribution in [0.1, 0.15) is 11.6 Å². The van der Waals surface area contributed by atoms with E-state index in [4.69, 9.17) is 10.8 Å². The van der Waals surface area contributed by atoms with Crippen molar-refractivity contribution >= 4 is 0 Å². The second-order valence-electron chi connectivity index (χ2n) is 2.28. The van der Waals surface area contributed by atoms with E-state index < -0.39 is 6.04 Å². The third-order valence-corrected chi connectivity index (χ3v) is 1.43. The molecule has 4 heteroatoms. The van der Waals surface area contributed by atoms with Gasteiger partial charge >= 0.3 is 0 Å². The second kappa shape index (κ2) is 3.32. The average Bonchev–Trinajstić information content (AvgIpc) is 2.05. The number of rotatable bonds is 2. The van der Waals surface area contributed by atoms with E-state index in [-0.39, 0.29) is 12.2 Å². The van der Waals surface area contributed by atoms with E-state index in [1.807, 2.05) is 0 Å². The number of aliphatic hydroxyl groups is 1. The fraction of sp³-hybridized carbons (Fsp3) is 0.286. The molecule has 1 aromatic heterocycles. The molecule has 0 saturated heterocycles. The summed E-state index contributed by atoms with van der Waals surface area (Å²) in [4.78, 5) is 13.0. The van der Waals surface area contributed by atoms with Crippen LogP contribution in [0.25, 0.3) is 0 Å². The normalized spacial score (nSPS) is 12.9. The van der Waals surface area contributed by atoms with Gasteiger partial charge in [-0.1, -0.05) is 6.07 Å². The molecule has 0 aliphatic carbocycles. The summed E-state index contributed by atoms with van der Waals surface area (Å²) in [5.41, 5.74) is 6.03. The van der Waals surface area contributed by atoms with E-state index in [0.29, 0.717) is 0 Å². The number of hydrogen-bond donors (Lipinski definition) is 3. The Hall–Kier alpha value is -1.13. The predicted molar refractivity (Wildman–Crippen MR) is 41.1 cm³/mol. The molecule has 0 bridgehead atoms. The minimum Gasteiger partial charge on any atom is -0.394 e. The minimum absolute atomic E-state index is 0.119. The smallest absolute Gasteiger partial charge is 0.247 e. The maximum Gasteiger partial charge on any atom is 0.247 e. The molecule has 0 amide bonds. The van der Waals surface area contributed by atoms with Crippen molar-refractivity contribution < 1.29 is 5.11 Å². The number of aromatic amines is 1. The first kappa shape index (κ1) is 7.97. The van der Waals surface area contributed by atoms with Crippen molar-refractivity contribution in [3.63, 3.8) is 0 Å². The number of H-pyrrole nitrogens is 1. The lowest BCUT2D eigenvalue weighted by Crippen LogP contribution is -2.16. The molecule has 0 fully saturated rings. The number of aliphatic hydroxyl groups excluding tert-OH is 1. The summed E-state index contributed by atoms with van der Waals surface area (Å²) in [5, 5.41) is 8.64. The summed E-state index contributed by atoms with van der Waals surface area (Å²) >= 11 is 0. The molecule has 0 radical (unpaired) electrons. The lowest BCUT2D eigenvalue weighted by Gasteiger charge is -2.05. The van der Waals surface area contributed by atoms with E-state index in [1.54, 1.807) is 6.07 Å². The van der Waals surface area contributed by atoms with Crippen LogP contribution >= 0.6 is 0 Å². The van der Waals surface area contributed by atoms with Crippen molar-refractivity contribution in [1.82, 2.24) is 4.98 Å². The van der Waals surface area contributed by atoms with Crippen molar-refractivity contribution in [3.8, 4) is 0 Å². The lowest BCUT2D eigenvalue weighted by atomic mass is 10.1. The fourth-order valence-electron chi connectivity index (χ4n) is 0.759. The SMILES string of the molecule is NC(CO)c1ccc(=O)[nH]c1. The molecule has 60 valence electrons. The topological polar surface area (TPSA) is 79.1 Å². The van der Waals surface area contributed by atoms with Crippen LogP contribution in [0.4, 0.5) is 0 Å². The van der Waals surface area contributed by atoms with Crippen LogP contribution in [0.15, 0.2) is 23.1 Å². The summed E-state index contributed by atoms with van der Waals surface area (Å²) in [6, 6.07) is 2.57. The van der Waals surface area contributed by atoms with Gasteiger partial charge in [-0.25, -0.2) is 0 Å². The molecule has 0 aromatic carbocycles. The molecule has 11 heavy (non-hydrogen) atoms. The molecule has 0 aliphatic rings. The molecule has 0 saturated carbocycles. The van der Waals surface area contributed by atoms with Gasteiger partial charge in [0.15, 0.2) is 0 Å². The summed E-state index contributed by atoms with van der Waals surface area (Å²) < 4.78 is 0. The van der Waals surface area contributed by atoms with E-state index in [1.165, 1.54) is 12.3 Å². The van der Waals surface area contributed by atoms with E-state index in [2.05, 4.69) is 4.98 Å². The molecular weight excluding hydrogens is 144 g/mol. The van der Waals surface area contributed by atoms with E-state index in [9.17, 15) is 4.79 Å². The molecule has 0 spiro atoms. The average molecular weight is 154 g/mol. The van der Waals surface area contributed by atoms with Crippen LogP contribution in [-0.4, -0.2) is 16.7 Å². The van der Waals surface area contributed by atoms with Crippen LogP contribution in [0.2, 0.25) is 0 Å². The second-order valence-corrected chi connectivity index (χ2v) is 2.28. The van der Waals surface area contributed by atoms with Crippen molar-refractivity contribution in [2.24, 2.45) is 5.73 Å². The predicted octanol–water partition coefficient (Wildman–Crippen LogP) is -0.633. The Labute approximate surface area is 63.7 Å². The molecule has 1 rings (SSSR count). The van der Waals surface area contributed by atoms with Crippen LogP contribution < -0.4 is 11.3 Å². The first-order valence-electron chi connectivity index (χ1n) is 3.29. The van der Waals surface area contributed by atoms with Crippen LogP contribution in [-0.2, 0) is 0 Å². The molecule has 4 N–H and O–H groups in total. The quantitative estimate of drug-likeness (QED) is 0.530. The minimum atomic E-state index is -0.410. The van der Waals surface area contributed by atoms with Gasteiger partial charge in [0.25, 0.3) is 0 Å². The van der Waals surface area contributed by atoms with Crippen molar-refractivity contribution in [1.29, 1.82) is 0 Å². The van der Waals surface area contributed by atoms with Gasteiger partial charge < -0.3 is 15.8 Å². The van der Waals surface area contributed by atoms with Gasteiger partial charge in [0.1, 0.15) is 0 Å². The Kier molecular flexibility index (Phi) is 2.40. The monoisotopic (exact) mass is 154 g/mol. The molecule has 4 nitrogen and oxygen atoms in total. The summed E-state index contributed by atoms with van der Waals surface area (Å²) in [5.74, 6) is 0. The van der Waals surface area contributed by atoms with E-state index in [0.717, 1.165) is 5.56 Å². The highest BCUT2D eigenvalue weighted by Crippen LogP contribution is 2.04. The lowest BCUT2D eigenvalue weighted by molar-refractivity contribution is 0.268. The third-order valence-electron chi connectivity index (χ3n) is 1.43. The van der Waals surface area contributed by atoms with E-state index >= 15 is 0 Å². The number of nitrogens with one attached hydrogen (secondary N) is 1. The number of pyridine rings is 1. The first-order chi connectivity index (χ1) is 5.24. The third kappa shape index (κ3) is 1.89. The zero-order chi connectivity index (χ0) is 8.27. The van der Waals surface area contributed by atoms with Gasteiger partial charge in [-0.05, 0) is 5.56 Å². The zero-order valence-corrected chi connectivity index (χ0v) is 5.95. The number of aromatic nitrogens is 1. The highest BCUT2D eigenvalue weighted by atomic mass is 16.3. The van der Waals surface area contributed by atoms with Crippen LogP contribution in [0.5, 0.6) is 0 Å². The number of nitrogens with two attached hydrogens (primary N) is 1. The van der Waals surface area contributed by atoms with Gasteiger partial charge in [0.2, 0.25) is 5.56 Å². The Bertz CT molecular complexity index is 262. The first-order valence-corrected chi connectivity index (χ1v) is 3.29. The Morgan fingerprint density at radius 1 is 1.64 bits per heavy atom. The maximum atomic E-state index is 10.6. The Morgan fingerprint density at radius 2 is 2.36 bits per heavy atom. The van der Waals surface area contributed by atoms with Gasteiger partial charge in [-0.15, -0.1) is 0 Å². The molecule has 1 atom stereocenters. The van der Waals surface area contributed by atoms with Gasteiger partial charge in [-0.2, -0.15) is 0 Å². The largest absolute Gasteiger partial charge is 0.394 e. The van der Waals surface area contributed by atoms with Gasteiger partial charge in [0.05, 0.1) is 12.6 Å². The van der Waals surface area contributed by atoms with Crippen molar-refractivity contribution in [2.75, 3.05) is 6.61 Å². The van der Waals surface area contributed by atoms with Crippen LogP contribution in [0, 0.1) is 0 Å². The van der Waals surface area contributed by atoms with Gasteiger partial charge in [-0.3, -0.25) is 4.79 Å². The summed E-state index contributed by atoms with van der Waals surface area (Å²) in [6.45, 7) is -0.119. The fourth-order valence-corrected chi connectivity index (χ4v) is 0.759. The maximum absolute atomic E-state index is 10.6. The van der Waals surface area contributed by atoms with Crippen molar-refractivity contribution in [2.45, 2.75) is 6.04 Å². The van der Waals surface area contributed by atoms with Crippen molar-refractivity contribution in [3.05, 3.63) is 34.2 Å². The van der Waals surface area contributed by atoms with Crippen LogP contribution in [0.3, 0.4) is 0 Å². The summed E-state index contributed by atoms with van der Waals surface area (Å²) in [7, 11) is 0. The molecule has 1 heterocycles. The Morgan fingerprint density at radius 3 is 2.82 bits per heavy atom.